The number of allylic oxidation sites excluding steroid dienone is 2. The van der Waals surface area contributed by atoms with E-state index >= 15 is 0 Å². The van der Waals surface area contributed by atoms with E-state index in [2.05, 4.69) is 0 Å². The summed E-state index contributed by atoms with van der Waals surface area (Å²) in [6.07, 6.45) is 2.66. The van der Waals surface area contributed by atoms with Crippen LogP contribution in [0.15, 0.2) is 84.9 Å². The molecule has 0 fully saturated rings. The summed E-state index contributed by atoms with van der Waals surface area (Å²) >= 11 is 0. The fourth-order valence-corrected chi connectivity index (χ4v) is 2.36. The summed E-state index contributed by atoms with van der Waals surface area (Å²) in [5.41, 5.74) is 3.01. The van der Waals surface area contributed by atoms with Crippen LogP contribution < -0.4 is 0 Å². The van der Waals surface area contributed by atoms with Crippen molar-refractivity contribution in [3.05, 3.63) is 96.1 Å². The number of carbonyl (C=O) groups excluding carboxylic acids is 2. The molecule has 0 N–H and O–H groups in total. The van der Waals surface area contributed by atoms with E-state index in [1.54, 1.807) is 12.1 Å². The van der Waals surface area contributed by atoms with E-state index < -0.39 is 0 Å². The number of carbonyl (C=O) groups is 2. The molecule has 3 heteroatoms. The second-order valence-electron chi connectivity index (χ2n) is 4.96. The van der Waals surface area contributed by atoms with Crippen LogP contribution in [0.1, 0.15) is 20.7 Å². The number of benzene rings is 1. The van der Waals surface area contributed by atoms with Gasteiger partial charge in [0.15, 0.2) is 11.6 Å². The standard InChI is InChI=1S/C15H9O2.C5H5.Fe/c16-14-7-8-15(17)13-9-11(5-6-12(13)14)10-3-1-2-4-10;1-2-4-5-3-1;/h1-9H;1-5H;/q2*-1;+2. The Kier molecular flexibility index (Phi) is 5.64. The molecule has 1 aliphatic carbocycles. The Morgan fingerprint density at radius 3 is 1.96 bits per heavy atom. The molecule has 1 aliphatic rings. The Morgan fingerprint density at radius 2 is 1.39 bits per heavy atom. The van der Waals surface area contributed by atoms with Crippen molar-refractivity contribution in [3.8, 4) is 11.1 Å². The monoisotopic (exact) mass is 342 g/mol. The first-order valence-corrected chi connectivity index (χ1v) is 7.05. The van der Waals surface area contributed by atoms with Crippen molar-refractivity contribution in [1.82, 2.24) is 0 Å². The van der Waals surface area contributed by atoms with Crippen LogP contribution in [0.5, 0.6) is 0 Å². The maximum absolute atomic E-state index is 11.7. The molecule has 0 heterocycles. The molecule has 114 valence electrons. The molecule has 0 unspecified atom stereocenters. The number of hydrogen-bond acceptors (Lipinski definition) is 2. The molecule has 2 nitrogen and oxygen atoms in total. The number of hydrogen-bond donors (Lipinski definition) is 0. The van der Waals surface area contributed by atoms with Gasteiger partial charge in [0.05, 0.1) is 0 Å². The molecular weight excluding hydrogens is 328 g/mol. The third-order valence-corrected chi connectivity index (χ3v) is 3.49. The fraction of sp³-hybridized carbons (Fsp3) is 0. The minimum absolute atomic E-state index is 0. The Hall–Kier alpha value is -2.48. The van der Waals surface area contributed by atoms with Crippen LogP contribution in [0.25, 0.3) is 11.1 Å². The smallest absolute Gasteiger partial charge is 0.290 e. The summed E-state index contributed by atoms with van der Waals surface area (Å²) in [6.45, 7) is 0. The zero-order chi connectivity index (χ0) is 15.4. The van der Waals surface area contributed by atoms with Gasteiger partial charge in [0.2, 0.25) is 0 Å². The first-order chi connectivity index (χ1) is 10.8. The average Bonchev–Trinajstić information content (AvgIpc) is 3.26. The summed E-state index contributed by atoms with van der Waals surface area (Å²) in [6, 6.07) is 23.2. The molecule has 0 aromatic heterocycles. The third kappa shape index (κ3) is 3.84. The molecule has 0 radical (unpaired) electrons. The zero-order valence-corrected chi connectivity index (χ0v) is 13.4. The largest absolute Gasteiger partial charge is 2.00 e. The van der Waals surface area contributed by atoms with Crippen molar-refractivity contribution < 1.29 is 26.7 Å². The van der Waals surface area contributed by atoms with Crippen LogP contribution in [0.3, 0.4) is 0 Å². The SMILES string of the molecule is O=C1C=CC(=O)c2cc(-[c-]3cccc3)ccc21.[Fe+2].c1cc[cH-]c1. The quantitative estimate of drug-likeness (QED) is 0.485. The van der Waals surface area contributed by atoms with Gasteiger partial charge in [0, 0.05) is 5.56 Å². The van der Waals surface area contributed by atoms with Gasteiger partial charge in [0.1, 0.15) is 0 Å². The number of rotatable bonds is 1. The minimum Gasteiger partial charge on any atom is -0.290 e. The van der Waals surface area contributed by atoms with Gasteiger partial charge in [0.25, 0.3) is 0 Å². The predicted molar refractivity (Wildman–Crippen MR) is 87.3 cm³/mol. The molecule has 0 bridgehead atoms. The first-order valence-electron chi connectivity index (χ1n) is 7.05. The van der Waals surface area contributed by atoms with Gasteiger partial charge in [-0.05, 0) is 17.7 Å². The van der Waals surface area contributed by atoms with Gasteiger partial charge in [-0.2, -0.15) is 30.3 Å². The molecule has 0 spiro atoms. The topological polar surface area (TPSA) is 34.1 Å². The van der Waals surface area contributed by atoms with Crippen molar-refractivity contribution in [2.75, 3.05) is 0 Å². The molecular formula is C20H14FeO2. The number of fused-ring (bicyclic) bond motifs is 1. The van der Waals surface area contributed by atoms with Crippen molar-refractivity contribution in [3.63, 3.8) is 0 Å². The number of ketones is 2. The van der Waals surface area contributed by atoms with E-state index in [0.29, 0.717) is 11.1 Å². The van der Waals surface area contributed by atoms with E-state index in [1.165, 1.54) is 12.2 Å². The van der Waals surface area contributed by atoms with E-state index in [9.17, 15) is 9.59 Å². The van der Waals surface area contributed by atoms with Crippen LogP contribution in [0.4, 0.5) is 0 Å². The van der Waals surface area contributed by atoms with Gasteiger partial charge in [-0.1, -0.05) is 11.6 Å². The maximum atomic E-state index is 11.7. The molecule has 3 aromatic carbocycles. The van der Waals surface area contributed by atoms with Crippen LogP contribution in [0.2, 0.25) is 0 Å². The summed E-state index contributed by atoms with van der Waals surface area (Å²) in [7, 11) is 0. The van der Waals surface area contributed by atoms with E-state index in [1.807, 2.05) is 60.7 Å². The summed E-state index contributed by atoms with van der Waals surface area (Å²) < 4.78 is 0. The average molecular weight is 342 g/mol. The molecule has 0 saturated carbocycles. The van der Waals surface area contributed by atoms with Gasteiger partial charge < -0.3 is 0 Å². The molecule has 0 saturated heterocycles. The van der Waals surface area contributed by atoms with Gasteiger partial charge >= 0.3 is 17.1 Å². The maximum Gasteiger partial charge on any atom is 2.00 e. The Bertz CT molecular complexity index is 792. The normalized spacial score (nSPS) is 12.0. The molecule has 23 heavy (non-hydrogen) atoms. The Labute approximate surface area is 145 Å². The summed E-state index contributed by atoms with van der Waals surface area (Å²) in [4.78, 5) is 23.3. The van der Waals surface area contributed by atoms with Crippen LogP contribution >= 0.6 is 0 Å². The molecule has 0 aliphatic heterocycles. The Balaban J connectivity index is 0.000000276. The molecule has 0 atom stereocenters. The van der Waals surface area contributed by atoms with Crippen LogP contribution in [-0.2, 0) is 17.1 Å². The second-order valence-corrected chi connectivity index (χ2v) is 4.96. The minimum atomic E-state index is -0.104. The fourth-order valence-electron chi connectivity index (χ4n) is 2.36. The molecule has 0 amide bonds. The molecule has 3 aromatic rings. The van der Waals surface area contributed by atoms with E-state index in [4.69, 9.17) is 0 Å². The van der Waals surface area contributed by atoms with E-state index in [-0.39, 0.29) is 28.6 Å². The molecule has 4 rings (SSSR count). The zero-order valence-electron chi connectivity index (χ0n) is 12.3. The van der Waals surface area contributed by atoms with E-state index in [0.717, 1.165) is 11.1 Å². The van der Waals surface area contributed by atoms with Crippen LogP contribution in [0, 0.1) is 0 Å². The van der Waals surface area contributed by atoms with Crippen molar-refractivity contribution in [2.24, 2.45) is 0 Å². The third-order valence-electron chi connectivity index (χ3n) is 3.49. The summed E-state index contributed by atoms with van der Waals surface area (Å²) in [5, 5.41) is 0. The van der Waals surface area contributed by atoms with Crippen molar-refractivity contribution >= 4 is 11.6 Å². The van der Waals surface area contributed by atoms with Crippen molar-refractivity contribution in [2.45, 2.75) is 0 Å². The van der Waals surface area contributed by atoms with Gasteiger partial charge in [-0.25, -0.2) is 12.1 Å². The van der Waals surface area contributed by atoms with Crippen molar-refractivity contribution in [1.29, 1.82) is 0 Å². The predicted octanol–water partition coefficient (Wildman–Crippen LogP) is 4.41. The van der Waals surface area contributed by atoms with Gasteiger partial charge in [-0.15, -0.1) is 29.8 Å². The Morgan fingerprint density at radius 1 is 0.783 bits per heavy atom. The van der Waals surface area contributed by atoms with Crippen LogP contribution in [-0.4, -0.2) is 11.6 Å². The first kappa shape index (κ1) is 16.9. The second kappa shape index (κ2) is 7.68. The van der Waals surface area contributed by atoms with Gasteiger partial charge in [-0.3, -0.25) is 9.59 Å². The summed E-state index contributed by atoms with van der Waals surface area (Å²) in [5.74, 6) is -0.207.